The number of anilines is 2. The summed E-state index contributed by atoms with van der Waals surface area (Å²) >= 11 is 0. The molecule has 0 saturated carbocycles. The van der Waals surface area contributed by atoms with E-state index in [-0.39, 0.29) is 0 Å². The Morgan fingerprint density at radius 2 is 2.00 bits per heavy atom. The van der Waals surface area contributed by atoms with Crippen LogP contribution in [0.2, 0.25) is 0 Å². The summed E-state index contributed by atoms with van der Waals surface area (Å²) in [5.74, 6) is 0.714. The maximum Gasteiger partial charge on any atom is 0.133 e. The lowest BCUT2D eigenvalue weighted by atomic mass is 10.2. The molecule has 5 heteroatoms. The number of hydrogen-bond donors (Lipinski definition) is 1. The van der Waals surface area contributed by atoms with Gasteiger partial charge in [0.1, 0.15) is 5.82 Å². The van der Waals surface area contributed by atoms with Crippen LogP contribution in [0, 0.1) is 0 Å². The average Bonchev–Trinajstić information content (AvgIpc) is 2.39. The summed E-state index contributed by atoms with van der Waals surface area (Å²) in [5.41, 5.74) is 10.1. The van der Waals surface area contributed by atoms with Gasteiger partial charge in [0, 0.05) is 22.4 Å². The van der Waals surface area contributed by atoms with E-state index in [1.807, 2.05) is 42.5 Å². The van der Waals surface area contributed by atoms with Gasteiger partial charge in [0.25, 0.3) is 0 Å². The highest BCUT2D eigenvalue weighted by molar-refractivity contribution is 5.58. The van der Waals surface area contributed by atoms with Crippen molar-refractivity contribution < 1.29 is 0 Å². The minimum atomic E-state index is 0.291. The SMILES string of the molecule is [N-]=[N+]=NCc1cccnc1Nc1ccccc1. The van der Waals surface area contributed by atoms with E-state index < -0.39 is 0 Å². The summed E-state index contributed by atoms with van der Waals surface area (Å²) in [6.45, 7) is 0.291. The number of aromatic nitrogens is 1. The molecule has 1 aromatic heterocycles. The Labute approximate surface area is 98.8 Å². The Hall–Kier alpha value is -2.52. The van der Waals surface area contributed by atoms with Gasteiger partial charge in [-0.25, -0.2) is 4.98 Å². The molecule has 84 valence electrons. The van der Waals surface area contributed by atoms with Crippen LogP contribution >= 0.6 is 0 Å². The number of rotatable bonds is 4. The molecule has 0 aliphatic rings. The van der Waals surface area contributed by atoms with Gasteiger partial charge in [-0.3, -0.25) is 0 Å². The van der Waals surface area contributed by atoms with Gasteiger partial charge in [-0.1, -0.05) is 29.4 Å². The highest BCUT2D eigenvalue weighted by Crippen LogP contribution is 2.18. The molecule has 2 rings (SSSR count). The lowest BCUT2D eigenvalue weighted by molar-refractivity contribution is 1.03. The standard InChI is InChI=1S/C12H11N5/c13-17-15-9-10-5-4-8-14-12(10)16-11-6-2-1-3-7-11/h1-8H,9H2,(H,14,16). The Balaban J connectivity index is 2.23. The normalized spacial score (nSPS) is 9.41. The molecule has 0 fully saturated rings. The fourth-order valence-corrected chi connectivity index (χ4v) is 1.44. The number of nitrogens with one attached hydrogen (secondary N) is 1. The first kappa shape index (κ1) is 11.0. The zero-order valence-corrected chi connectivity index (χ0v) is 9.11. The molecule has 0 amide bonds. The quantitative estimate of drug-likeness (QED) is 0.490. The lowest BCUT2D eigenvalue weighted by Crippen LogP contribution is -1.97. The van der Waals surface area contributed by atoms with E-state index >= 15 is 0 Å². The van der Waals surface area contributed by atoms with Crippen LogP contribution in [0.3, 0.4) is 0 Å². The Morgan fingerprint density at radius 1 is 1.18 bits per heavy atom. The van der Waals surface area contributed by atoms with Gasteiger partial charge in [0.05, 0.1) is 6.54 Å². The van der Waals surface area contributed by atoms with E-state index in [4.69, 9.17) is 5.53 Å². The van der Waals surface area contributed by atoms with E-state index in [2.05, 4.69) is 20.3 Å². The zero-order valence-electron chi connectivity index (χ0n) is 9.11. The van der Waals surface area contributed by atoms with Gasteiger partial charge in [0.15, 0.2) is 0 Å². The Morgan fingerprint density at radius 3 is 2.76 bits per heavy atom. The van der Waals surface area contributed by atoms with Crippen LogP contribution in [0.5, 0.6) is 0 Å². The molecule has 0 spiro atoms. The molecule has 0 aliphatic heterocycles. The second-order valence-corrected chi connectivity index (χ2v) is 3.39. The van der Waals surface area contributed by atoms with Gasteiger partial charge in [0.2, 0.25) is 0 Å². The molecular formula is C12H11N5. The summed E-state index contributed by atoms with van der Waals surface area (Å²) in [6.07, 6.45) is 1.70. The minimum absolute atomic E-state index is 0.291. The van der Waals surface area contributed by atoms with Crippen LogP contribution in [-0.4, -0.2) is 4.98 Å². The third kappa shape index (κ3) is 2.96. The molecule has 1 heterocycles. The summed E-state index contributed by atoms with van der Waals surface area (Å²) in [4.78, 5) is 6.98. The average molecular weight is 225 g/mol. The molecule has 0 bridgehead atoms. The molecule has 0 aliphatic carbocycles. The molecule has 5 nitrogen and oxygen atoms in total. The molecule has 0 saturated heterocycles. The van der Waals surface area contributed by atoms with E-state index in [9.17, 15) is 0 Å². The van der Waals surface area contributed by atoms with E-state index in [0.717, 1.165) is 11.3 Å². The maximum absolute atomic E-state index is 8.33. The number of para-hydroxylation sites is 1. The van der Waals surface area contributed by atoms with Crippen molar-refractivity contribution in [2.24, 2.45) is 5.11 Å². The van der Waals surface area contributed by atoms with Crippen LogP contribution in [-0.2, 0) is 6.54 Å². The molecular weight excluding hydrogens is 214 g/mol. The van der Waals surface area contributed by atoms with Crippen molar-refractivity contribution in [3.8, 4) is 0 Å². The van der Waals surface area contributed by atoms with Crippen molar-refractivity contribution in [3.05, 3.63) is 64.7 Å². The van der Waals surface area contributed by atoms with E-state index in [1.54, 1.807) is 6.20 Å². The van der Waals surface area contributed by atoms with E-state index in [1.165, 1.54) is 0 Å². The topological polar surface area (TPSA) is 73.7 Å². The smallest absolute Gasteiger partial charge is 0.133 e. The zero-order chi connectivity index (χ0) is 11.9. The van der Waals surface area contributed by atoms with Crippen molar-refractivity contribution in [1.82, 2.24) is 4.98 Å². The number of pyridine rings is 1. The fourth-order valence-electron chi connectivity index (χ4n) is 1.44. The van der Waals surface area contributed by atoms with Crippen molar-refractivity contribution >= 4 is 11.5 Å². The number of nitrogens with zero attached hydrogens (tertiary/aromatic N) is 4. The second kappa shape index (κ2) is 5.53. The predicted octanol–water partition coefficient (Wildman–Crippen LogP) is 3.64. The van der Waals surface area contributed by atoms with Crippen LogP contribution in [0.4, 0.5) is 11.5 Å². The highest BCUT2D eigenvalue weighted by atomic mass is 15.1. The number of azide groups is 1. The summed E-state index contributed by atoms with van der Waals surface area (Å²) in [5, 5.41) is 6.73. The van der Waals surface area contributed by atoms with Gasteiger partial charge in [-0.2, -0.15) is 0 Å². The maximum atomic E-state index is 8.33. The first-order valence-electron chi connectivity index (χ1n) is 5.17. The largest absolute Gasteiger partial charge is 0.340 e. The Bertz CT molecular complexity index is 532. The van der Waals surface area contributed by atoms with Gasteiger partial charge in [-0.15, -0.1) is 0 Å². The van der Waals surface area contributed by atoms with Crippen LogP contribution in [0.15, 0.2) is 53.8 Å². The molecule has 17 heavy (non-hydrogen) atoms. The fraction of sp³-hybridized carbons (Fsp3) is 0.0833. The summed E-state index contributed by atoms with van der Waals surface area (Å²) < 4.78 is 0. The molecule has 0 unspecified atom stereocenters. The monoisotopic (exact) mass is 225 g/mol. The van der Waals surface area contributed by atoms with Gasteiger partial charge < -0.3 is 5.32 Å². The third-order valence-electron chi connectivity index (χ3n) is 2.23. The van der Waals surface area contributed by atoms with Crippen molar-refractivity contribution in [2.45, 2.75) is 6.54 Å². The Kier molecular flexibility index (Phi) is 3.57. The number of hydrogen-bond acceptors (Lipinski definition) is 3. The summed E-state index contributed by atoms with van der Waals surface area (Å²) in [7, 11) is 0. The second-order valence-electron chi connectivity index (χ2n) is 3.39. The summed E-state index contributed by atoms with van der Waals surface area (Å²) in [6, 6.07) is 13.4. The highest BCUT2D eigenvalue weighted by Gasteiger charge is 2.01. The number of benzene rings is 1. The molecule has 0 atom stereocenters. The first-order chi connectivity index (χ1) is 8.40. The molecule has 0 radical (unpaired) electrons. The van der Waals surface area contributed by atoms with Crippen molar-refractivity contribution in [3.63, 3.8) is 0 Å². The van der Waals surface area contributed by atoms with E-state index in [0.29, 0.717) is 12.4 Å². The van der Waals surface area contributed by atoms with Crippen molar-refractivity contribution in [2.75, 3.05) is 5.32 Å². The predicted molar refractivity (Wildman–Crippen MR) is 66.8 cm³/mol. The van der Waals surface area contributed by atoms with Crippen LogP contribution in [0.1, 0.15) is 5.56 Å². The molecule has 1 aromatic carbocycles. The van der Waals surface area contributed by atoms with Crippen molar-refractivity contribution in [1.29, 1.82) is 0 Å². The molecule has 1 N–H and O–H groups in total. The van der Waals surface area contributed by atoms with Crippen LogP contribution < -0.4 is 5.32 Å². The minimum Gasteiger partial charge on any atom is -0.340 e. The first-order valence-corrected chi connectivity index (χ1v) is 5.17. The van der Waals surface area contributed by atoms with Crippen LogP contribution in [0.25, 0.3) is 10.4 Å². The third-order valence-corrected chi connectivity index (χ3v) is 2.23. The lowest BCUT2D eigenvalue weighted by Gasteiger charge is -2.08. The van der Waals surface area contributed by atoms with Gasteiger partial charge >= 0.3 is 0 Å². The van der Waals surface area contributed by atoms with Gasteiger partial charge in [-0.05, 0) is 23.7 Å². The molecule has 2 aromatic rings.